The highest BCUT2D eigenvalue weighted by atomic mass is 19.1. The number of ether oxygens (including phenoxy) is 2. The molecule has 3 aromatic rings. The van der Waals surface area contributed by atoms with E-state index in [1.807, 2.05) is 19.1 Å². The minimum Gasteiger partial charge on any atom is -0.483 e. The van der Waals surface area contributed by atoms with Crippen LogP contribution in [0.1, 0.15) is 16.1 Å². The number of halogens is 1. The van der Waals surface area contributed by atoms with Crippen molar-refractivity contribution in [1.82, 2.24) is 4.98 Å². The molecule has 1 N–H and O–H groups in total. The van der Waals surface area contributed by atoms with E-state index in [1.165, 1.54) is 31.4 Å². The second-order valence-corrected chi connectivity index (χ2v) is 5.86. The topological polar surface area (TPSA) is 77.5 Å². The highest BCUT2D eigenvalue weighted by Gasteiger charge is 2.15. The zero-order chi connectivity index (χ0) is 19.4. The third-order valence-corrected chi connectivity index (χ3v) is 3.82. The van der Waals surface area contributed by atoms with Crippen LogP contribution in [0.5, 0.6) is 5.75 Å². The smallest absolute Gasteiger partial charge is 0.356 e. The first-order chi connectivity index (χ1) is 13.0. The number of fused-ring (bicyclic) bond motifs is 1. The number of aryl methyl sites for hydroxylation is 1. The Kier molecular flexibility index (Phi) is 5.30. The number of carbonyl (C=O) groups excluding carboxylic acids is 2. The molecule has 1 aromatic heterocycles. The van der Waals surface area contributed by atoms with Crippen LogP contribution in [-0.2, 0) is 9.53 Å². The Bertz CT molecular complexity index is 1000. The van der Waals surface area contributed by atoms with Crippen LogP contribution in [0, 0.1) is 12.7 Å². The molecular formula is C20H17FN2O4. The largest absolute Gasteiger partial charge is 0.483 e. The number of methoxy groups -OCH3 is 1. The molecule has 6 nitrogen and oxygen atoms in total. The average Bonchev–Trinajstić information content (AvgIpc) is 2.67. The van der Waals surface area contributed by atoms with Crippen molar-refractivity contribution >= 4 is 28.5 Å². The molecule has 0 unspecified atom stereocenters. The molecule has 0 fully saturated rings. The lowest BCUT2D eigenvalue weighted by Gasteiger charge is -2.11. The number of benzene rings is 2. The summed E-state index contributed by atoms with van der Waals surface area (Å²) in [5, 5.41) is 3.05. The number of hydrogen-bond donors (Lipinski definition) is 1. The summed E-state index contributed by atoms with van der Waals surface area (Å²) in [6.07, 6.45) is 0. The summed E-state index contributed by atoms with van der Waals surface area (Å²) in [5.41, 5.74) is 2.07. The Morgan fingerprint density at radius 3 is 2.56 bits per heavy atom. The second kappa shape index (κ2) is 7.82. The second-order valence-electron chi connectivity index (χ2n) is 5.86. The normalized spacial score (nSPS) is 10.5. The molecule has 0 saturated carbocycles. The van der Waals surface area contributed by atoms with Gasteiger partial charge in [0, 0.05) is 17.1 Å². The van der Waals surface area contributed by atoms with E-state index in [0.717, 1.165) is 5.56 Å². The van der Waals surface area contributed by atoms with Crippen molar-refractivity contribution in [3.63, 3.8) is 0 Å². The first-order valence-electron chi connectivity index (χ1n) is 8.14. The Labute approximate surface area is 154 Å². The predicted octanol–water partition coefficient (Wildman–Crippen LogP) is 3.49. The Hall–Kier alpha value is -3.48. The van der Waals surface area contributed by atoms with Gasteiger partial charge in [-0.3, -0.25) is 4.79 Å². The van der Waals surface area contributed by atoms with Gasteiger partial charge in [0.25, 0.3) is 5.91 Å². The van der Waals surface area contributed by atoms with Crippen molar-refractivity contribution < 1.29 is 23.5 Å². The van der Waals surface area contributed by atoms with E-state index in [1.54, 1.807) is 12.1 Å². The van der Waals surface area contributed by atoms with Gasteiger partial charge in [-0.15, -0.1) is 0 Å². The molecule has 0 bridgehead atoms. The zero-order valence-electron chi connectivity index (χ0n) is 14.8. The van der Waals surface area contributed by atoms with Crippen LogP contribution in [-0.4, -0.2) is 30.6 Å². The average molecular weight is 368 g/mol. The lowest BCUT2D eigenvalue weighted by atomic mass is 10.1. The third kappa shape index (κ3) is 4.38. The van der Waals surface area contributed by atoms with Crippen LogP contribution in [0.4, 0.5) is 10.1 Å². The number of anilines is 1. The number of aromatic nitrogens is 1. The lowest BCUT2D eigenvalue weighted by molar-refractivity contribution is -0.118. The van der Waals surface area contributed by atoms with Gasteiger partial charge in [-0.1, -0.05) is 17.7 Å². The summed E-state index contributed by atoms with van der Waals surface area (Å²) >= 11 is 0. The highest BCUT2D eigenvalue weighted by Crippen LogP contribution is 2.27. The van der Waals surface area contributed by atoms with Gasteiger partial charge in [0.15, 0.2) is 12.3 Å². The van der Waals surface area contributed by atoms with Crippen LogP contribution < -0.4 is 10.1 Å². The summed E-state index contributed by atoms with van der Waals surface area (Å²) in [7, 11) is 1.23. The highest BCUT2D eigenvalue weighted by molar-refractivity contribution is 5.95. The van der Waals surface area contributed by atoms with E-state index >= 15 is 0 Å². The van der Waals surface area contributed by atoms with Crippen molar-refractivity contribution in [1.29, 1.82) is 0 Å². The van der Waals surface area contributed by atoms with Crippen LogP contribution in [0.2, 0.25) is 0 Å². The maximum absolute atomic E-state index is 13.6. The number of amides is 1. The molecule has 138 valence electrons. The summed E-state index contributed by atoms with van der Waals surface area (Å²) in [6, 6.07) is 12.5. The fourth-order valence-corrected chi connectivity index (χ4v) is 2.47. The van der Waals surface area contributed by atoms with Crippen molar-refractivity contribution in [2.45, 2.75) is 6.92 Å². The Morgan fingerprint density at radius 1 is 1.11 bits per heavy atom. The molecule has 0 atom stereocenters. The van der Waals surface area contributed by atoms with Gasteiger partial charge in [-0.2, -0.15) is 0 Å². The van der Waals surface area contributed by atoms with Gasteiger partial charge in [-0.05, 0) is 37.3 Å². The van der Waals surface area contributed by atoms with Crippen molar-refractivity contribution in [3.05, 3.63) is 65.6 Å². The van der Waals surface area contributed by atoms with E-state index in [9.17, 15) is 14.0 Å². The Balaban J connectivity index is 1.82. The number of nitrogens with one attached hydrogen (secondary N) is 1. The van der Waals surface area contributed by atoms with Gasteiger partial charge in [0.2, 0.25) is 0 Å². The maximum atomic E-state index is 13.6. The standard InChI is InChI=1S/C20H17FN2O4/c1-12-3-6-14(7-4-12)22-19(24)11-27-18-10-17(20(25)26-2)23-16-8-5-13(21)9-15(16)18/h3-10H,11H2,1-2H3,(H,22,24). The van der Waals surface area contributed by atoms with Crippen molar-refractivity contribution in [2.24, 2.45) is 0 Å². The number of rotatable bonds is 5. The Morgan fingerprint density at radius 2 is 1.85 bits per heavy atom. The summed E-state index contributed by atoms with van der Waals surface area (Å²) < 4.78 is 23.8. The third-order valence-electron chi connectivity index (χ3n) is 3.82. The molecule has 0 saturated heterocycles. The van der Waals surface area contributed by atoms with Gasteiger partial charge >= 0.3 is 5.97 Å². The lowest BCUT2D eigenvalue weighted by Crippen LogP contribution is -2.20. The SMILES string of the molecule is COC(=O)c1cc(OCC(=O)Nc2ccc(C)cc2)c2cc(F)ccc2n1. The number of carbonyl (C=O) groups is 2. The minimum atomic E-state index is -0.657. The fraction of sp³-hybridized carbons (Fsp3) is 0.150. The predicted molar refractivity (Wildman–Crippen MR) is 98.3 cm³/mol. The number of esters is 1. The summed E-state index contributed by atoms with van der Waals surface area (Å²) in [4.78, 5) is 28.0. The minimum absolute atomic E-state index is 0.00514. The molecule has 0 aliphatic rings. The molecule has 0 aliphatic heterocycles. The summed E-state index contributed by atoms with van der Waals surface area (Å²) in [6.45, 7) is 1.63. The van der Waals surface area contributed by atoms with Crippen LogP contribution in [0.15, 0.2) is 48.5 Å². The molecule has 7 heteroatoms. The number of pyridine rings is 1. The number of nitrogens with zero attached hydrogens (tertiary/aromatic N) is 1. The molecule has 1 heterocycles. The molecule has 0 spiro atoms. The summed E-state index contributed by atoms with van der Waals surface area (Å²) in [5.74, 6) is -1.36. The van der Waals surface area contributed by atoms with E-state index < -0.39 is 11.8 Å². The van der Waals surface area contributed by atoms with Crippen LogP contribution in [0.3, 0.4) is 0 Å². The van der Waals surface area contributed by atoms with E-state index in [2.05, 4.69) is 15.0 Å². The first kappa shape index (κ1) is 18.3. The molecule has 2 aromatic carbocycles. The van der Waals surface area contributed by atoms with Gasteiger partial charge < -0.3 is 14.8 Å². The molecule has 0 radical (unpaired) electrons. The maximum Gasteiger partial charge on any atom is 0.356 e. The van der Waals surface area contributed by atoms with E-state index in [4.69, 9.17) is 4.74 Å². The van der Waals surface area contributed by atoms with Crippen LogP contribution >= 0.6 is 0 Å². The van der Waals surface area contributed by atoms with Crippen LogP contribution in [0.25, 0.3) is 10.9 Å². The van der Waals surface area contributed by atoms with Crippen molar-refractivity contribution in [3.8, 4) is 5.75 Å². The molecule has 0 aliphatic carbocycles. The van der Waals surface area contributed by atoms with E-state index in [-0.39, 0.29) is 24.0 Å². The fourth-order valence-electron chi connectivity index (χ4n) is 2.47. The van der Waals surface area contributed by atoms with Crippen molar-refractivity contribution in [2.75, 3.05) is 19.0 Å². The molecular weight excluding hydrogens is 351 g/mol. The quantitative estimate of drug-likeness (QED) is 0.698. The molecule has 3 rings (SSSR count). The number of hydrogen-bond acceptors (Lipinski definition) is 5. The molecule has 27 heavy (non-hydrogen) atoms. The first-order valence-corrected chi connectivity index (χ1v) is 8.14. The van der Waals surface area contributed by atoms with Gasteiger partial charge in [0.05, 0.1) is 12.6 Å². The van der Waals surface area contributed by atoms with E-state index in [0.29, 0.717) is 16.6 Å². The zero-order valence-corrected chi connectivity index (χ0v) is 14.8. The molecule has 1 amide bonds. The monoisotopic (exact) mass is 368 g/mol. The van der Waals surface area contributed by atoms with Gasteiger partial charge in [-0.25, -0.2) is 14.2 Å². The van der Waals surface area contributed by atoms with Gasteiger partial charge in [0.1, 0.15) is 11.6 Å².